The van der Waals surface area contributed by atoms with Crippen LogP contribution in [0, 0.1) is 0 Å². The summed E-state index contributed by atoms with van der Waals surface area (Å²) >= 11 is 0. The molecule has 0 aromatic heterocycles. The van der Waals surface area contributed by atoms with Crippen LogP contribution in [0.15, 0.2) is 36.4 Å². The van der Waals surface area contributed by atoms with Gasteiger partial charge in [-0.1, -0.05) is 30.8 Å². The molecule has 0 fully saturated rings. The van der Waals surface area contributed by atoms with Crippen molar-refractivity contribution in [2.75, 3.05) is 6.54 Å². The van der Waals surface area contributed by atoms with Crippen LogP contribution in [0.1, 0.15) is 38.3 Å². The first-order valence-electron chi connectivity index (χ1n) is 6.63. The lowest BCUT2D eigenvalue weighted by atomic mass is 9.89. The van der Waals surface area contributed by atoms with Gasteiger partial charge in [-0.2, -0.15) is 0 Å². The molecule has 0 aliphatic carbocycles. The Morgan fingerprint density at radius 3 is 2.50 bits per heavy atom. The number of nitrogens with one attached hydrogen (secondary N) is 1. The molecule has 1 rings (SSSR count). The van der Waals surface area contributed by atoms with E-state index in [2.05, 4.69) is 24.0 Å². The van der Waals surface area contributed by atoms with Crippen LogP contribution in [0.3, 0.4) is 0 Å². The molecule has 0 aliphatic rings. The molecule has 0 radical (unpaired) electrons. The van der Waals surface area contributed by atoms with Crippen LogP contribution < -0.4 is 11.1 Å². The molecule has 0 heterocycles. The molecule has 1 aromatic rings. The molecule has 1 amide bonds. The third kappa shape index (κ3) is 5.76. The number of nitrogens with two attached hydrogens (primary N) is 1. The van der Waals surface area contributed by atoms with E-state index in [1.807, 2.05) is 26.0 Å². The Labute approximate surface area is 128 Å². The smallest absolute Gasteiger partial charge is 0.246 e. The van der Waals surface area contributed by atoms with Crippen LogP contribution in [0.5, 0.6) is 0 Å². The quantitative estimate of drug-likeness (QED) is 0.626. The van der Waals surface area contributed by atoms with Crippen molar-refractivity contribution in [3.05, 3.63) is 47.5 Å². The SMILES string of the molecule is C=C(C)C(=O)NCCCc1ccccc1C(C)(C)N.Cl. The van der Waals surface area contributed by atoms with Gasteiger partial charge >= 0.3 is 0 Å². The molecule has 0 spiro atoms. The summed E-state index contributed by atoms with van der Waals surface area (Å²) in [6.07, 6.45) is 1.80. The van der Waals surface area contributed by atoms with Gasteiger partial charge in [-0.3, -0.25) is 4.79 Å². The normalized spacial score (nSPS) is 10.6. The van der Waals surface area contributed by atoms with E-state index in [9.17, 15) is 4.79 Å². The van der Waals surface area contributed by atoms with E-state index < -0.39 is 0 Å². The average Bonchev–Trinajstić information content (AvgIpc) is 2.33. The van der Waals surface area contributed by atoms with Crippen molar-refractivity contribution in [2.24, 2.45) is 5.73 Å². The van der Waals surface area contributed by atoms with Crippen molar-refractivity contribution >= 4 is 18.3 Å². The van der Waals surface area contributed by atoms with E-state index in [-0.39, 0.29) is 23.9 Å². The van der Waals surface area contributed by atoms with Crippen LogP contribution in [0.4, 0.5) is 0 Å². The van der Waals surface area contributed by atoms with Gasteiger partial charge in [0.1, 0.15) is 0 Å². The highest BCUT2D eigenvalue weighted by molar-refractivity contribution is 5.92. The van der Waals surface area contributed by atoms with Crippen LogP contribution >= 0.6 is 12.4 Å². The van der Waals surface area contributed by atoms with Crippen molar-refractivity contribution in [1.82, 2.24) is 5.32 Å². The molecule has 3 N–H and O–H groups in total. The molecule has 0 unspecified atom stereocenters. The van der Waals surface area contributed by atoms with Crippen LogP contribution in [0.25, 0.3) is 0 Å². The van der Waals surface area contributed by atoms with Crippen molar-refractivity contribution in [3.8, 4) is 0 Å². The molecule has 3 nitrogen and oxygen atoms in total. The number of aryl methyl sites for hydroxylation is 1. The van der Waals surface area contributed by atoms with Crippen LogP contribution in [0.2, 0.25) is 0 Å². The lowest BCUT2D eigenvalue weighted by Gasteiger charge is -2.23. The first-order chi connectivity index (χ1) is 8.82. The van der Waals surface area contributed by atoms with Gasteiger partial charge in [0.15, 0.2) is 0 Å². The first-order valence-corrected chi connectivity index (χ1v) is 6.63. The van der Waals surface area contributed by atoms with Gasteiger partial charge in [0, 0.05) is 17.7 Å². The second kappa shape index (κ2) is 8.08. The minimum atomic E-state index is -0.336. The molecule has 0 bridgehead atoms. The lowest BCUT2D eigenvalue weighted by Crippen LogP contribution is -2.30. The highest BCUT2D eigenvalue weighted by Crippen LogP contribution is 2.22. The number of hydrogen-bond acceptors (Lipinski definition) is 2. The zero-order chi connectivity index (χ0) is 14.5. The number of benzene rings is 1. The maximum atomic E-state index is 11.3. The van der Waals surface area contributed by atoms with E-state index in [0.29, 0.717) is 12.1 Å². The van der Waals surface area contributed by atoms with E-state index in [1.165, 1.54) is 11.1 Å². The van der Waals surface area contributed by atoms with E-state index in [0.717, 1.165) is 12.8 Å². The van der Waals surface area contributed by atoms with E-state index >= 15 is 0 Å². The molecule has 0 saturated heterocycles. The second-order valence-corrected chi connectivity index (χ2v) is 5.52. The Balaban J connectivity index is 0.00000361. The lowest BCUT2D eigenvalue weighted by molar-refractivity contribution is -0.117. The van der Waals surface area contributed by atoms with Crippen molar-refractivity contribution in [3.63, 3.8) is 0 Å². The van der Waals surface area contributed by atoms with Gasteiger partial charge in [0.25, 0.3) is 0 Å². The predicted molar refractivity (Wildman–Crippen MR) is 87.0 cm³/mol. The highest BCUT2D eigenvalue weighted by Gasteiger charge is 2.17. The number of rotatable bonds is 6. The summed E-state index contributed by atoms with van der Waals surface area (Å²) < 4.78 is 0. The number of amides is 1. The molecule has 0 saturated carbocycles. The predicted octanol–water partition coefficient (Wildman–Crippen LogP) is 2.93. The number of carbonyl (C=O) groups excluding carboxylic acids is 1. The van der Waals surface area contributed by atoms with Gasteiger partial charge < -0.3 is 11.1 Å². The second-order valence-electron chi connectivity index (χ2n) is 5.52. The molecular formula is C16H25ClN2O. The van der Waals surface area contributed by atoms with Crippen molar-refractivity contribution < 1.29 is 4.79 Å². The maximum Gasteiger partial charge on any atom is 0.246 e. The average molecular weight is 297 g/mol. The summed E-state index contributed by atoms with van der Waals surface area (Å²) in [5, 5.41) is 2.84. The summed E-state index contributed by atoms with van der Waals surface area (Å²) in [5.41, 5.74) is 8.79. The summed E-state index contributed by atoms with van der Waals surface area (Å²) in [6.45, 7) is 9.99. The Kier molecular flexibility index (Phi) is 7.54. The molecule has 112 valence electrons. The number of carbonyl (C=O) groups is 1. The Hall–Kier alpha value is -1.32. The number of halogens is 1. The van der Waals surface area contributed by atoms with E-state index in [1.54, 1.807) is 6.92 Å². The maximum absolute atomic E-state index is 11.3. The fourth-order valence-corrected chi connectivity index (χ4v) is 2.00. The summed E-state index contributed by atoms with van der Waals surface area (Å²) in [5.74, 6) is -0.0764. The summed E-state index contributed by atoms with van der Waals surface area (Å²) in [4.78, 5) is 11.3. The highest BCUT2D eigenvalue weighted by atomic mass is 35.5. The van der Waals surface area contributed by atoms with Crippen LogP contribution in [-0.4, -0.2) is 12.5 Å². The molecule has 4 heteroatoms. The Bertz CT molecular complexity index is 464. The standard InChI is InChI=1S/C16H24N2O.ClH/c1-12(2)15(19)18-11-7-9-13-8-5-6-10-14(13)16(3,4)17;/h5-6,8,10H,1,7,9,11,17H2,2-4H3,(H,18,19);1H. The van der Waals surface area contributed by atoms with Crippen molar-refractivity contribution in [2.45, 2.75) is 39.2 Å². The molecule has 0 aliphatic heterocycles. The molecule has 1 aromatic carbocycles. The molecule has 20 heavy (non-hydrogen) atoms. The first kappa shape index (κ1) is 18.7. The zero-order valence-electron chi connectivity index (χ0n) is 12.5. The van der Waals surface area contributed by atoms with Crippen LogP contribution in [-0.2, 0) is 16.8 Å². The minimum absolute atomic E-state index is 0. The van der Waals surface area contributed by atoms with E-state index in [4.69, 9.17) is 5.73 Å². The molecule has 0 atom stereocenters. The fraction of sp³-hybridized carbons (Fsp3) is 0.438. The fourth-order valence-electron chi connectivity index (χ4n) is 2.00. The minimum Gasteiger partial charge on any atom is -0.352 e. The molecular weight excluding hydrogens is 272 g/mol. The zero-order valence-corrected chi connectivity index (χ0v) is 13.3. The third-order valence-electron chi connectivity index (χ3n) is 3.01. The van der Waals surface area contributed by atoms with Crippen molar-refractivity contribution in [1.29, 1.82) is 0 Å². The summed E-state index contributed by atoms with van der Waals surface area (Å²) in [7, 11) is 0. The summed E-state index contributed by atoms with van der Waals surface area (Å²) in [6, 6.07) is 8.21. The van der Waals surface area contributed by atoms with Gasteiger partial charge in [0.2, 0.25) is 5.91 Å². The van der Waals surface area contributed by atoms with Gasteiger partial charge in [-0.05, 0) is 44.7 Å². The topological polar surface area (TPSA) is 55.1 Å². The largest absolute Gasteiger partial charge is 0.352 e. The van der Waals surface area contributed by atoms with Gasteiger partial charge in [-0.25, -0.2) is 0 Å². The Morgan fingerprint density at radius 1 is 1.35 bits per heavy atom. The number of hydrogen-bond donors (Lipinski definition) is 2. The monoisotopic (exact) mass is 296 g/mol. The third-order valence-corrected chi connectivity index (χ3v) is 3.01. The Morgan fingerprint density at radius 2 is 1.95 bits per heavy atom. The van der Waals surface area contributed by atoms with Gasteiger partial charge in [-0.15, -0.1) is 12.4 Å². The van der Waals surface area contributed by atoms with Gasteiger partial charge in [0.05, 0.1) is 0 Å².